The average molecular weight is 165 g/mol. The van der Waals surface area contributed by atoms with Crippen LogP contribution in [0.2, 0.25) is 0 Å². The Hall–Kier alpha value is -0.560. The van der Waals surface area contributed by atoms with Crippen LogP contribution in [0.5, 0.6) is 0 Å². The van der Waals surface area contributed by atoms with Gasteiger partial charge in [0.25, 0.3) is 0 Å². The van der Waals surface area contributed by atoms with Crippen molar-refractivity contribution in [2.45, 2.75) is 33.2 Å². The van der Waals surface area contributed by atoms with E-state index in [1.165, 1.54) is 17.6 Å². The molecule has 0 fully saturated rings. The van der Waals surface area contributed by atoms with Crippen LogP contribution < -0.4 is 5.32 Å². The topological polar surface area (TPSA) is 12.0 Å². The maximum absolute atomic E-state index is 3.27. The van der Waals surface area contributed by atoms with Crippen molar-refractivity contribution in [1.29, 1.82) is 0 Å². The highest BCUT2D eigenvalue weighted by atomic mass is 14.9. The molecule has 0 aromatic carbocycles. The van der Waals surface area contributed by atoms with E-state index in [-0.39, 0.29) is 0 Å². The standard InChI is InChI=1S/C11H19N/c1-8-5-6-11(7-9(8)2)10(3)12-4/h5-6,9-10,12H,7H2,1-4H3. The molecule has 0 radical (unpaired) electrons. The minimum Gasteiger partial charge on any atom is -0.314 e. The largest absolute Gasteiger partial charge is 0.314 e. The van der Waals surface area contributed by atoms with Gasteiger partial charge in [-0.1, -0.05) is 30.2 Å². The summed E-state index contributed by atoms with van der Waals surface area (Å²) in [7, 11) is 2.02. The maximum atomic E-state index is 3.27. The Morgan fingerprint density at radius 1 is 1.50 bits per heavy atom. The SMILES string of the molecule is CNC(C)C1=CC=C(C)C(C)C1. The van der Waals surface area contributed by atoms with Gasteiger partial charge in [-0.05, 0) is 33.2 Å². The van der Waals surface area contributed by atoms with Crippen LogP contribution in [0, 0.1) is 5.92 Å². The summed E-state index contributed by atoms with van der Waals surface area (Å²) in [4.78, 5) is 0. The number of likely N-dealkylation sites (N-methyl/N-ethyl adjacent to an activating group) is 1. The molecule has 1 nitrogen and oxygen atoms in total. The molecule has 0 saturated heterocycles. The van der Waals surface area contributed by atoms with Crippen molar-refractivity contribution in [1.82, 2.24) is 5.32 Å². The van der Waals surface area contributed by atoms with Crippen LogP contribution in [0.1, 0.15) is 27.2 Å². The highest BCUT2D eigenvalue weighted by Gasteiger charge is 2.14. The predicted octanol–water partition coefficient (Wildman–Crippen LogP) is 2.51. The average Bonchev–Trinajstić information content (AvgIpc) is 2.08. The van der Waals surface area contributed by atoms with Crippen molar-refractivity contribution in [3.8, 4) is 0 Å². The molecule has 1 aliphatic rings. The molecule has 2 unspecified atom stereocenters. The van der Waals surface area contributed by atoms with Gasteiger partial charge in [0, 0.05) is 6.04 Å². The fraction of sp³-hybridized carbons (Fsp3) is 0.636. The van der Waals surface area contributed by atoms with Crippen molar-refractivity contribution in [3.63, 3.8) is 0 Å². The Kier molecular flexibility index (Phi) is 3.10. The minimum absolute atomic E-state index is 0.525. The normalized spacial score (nSPS) is 26.2. The number of nitrogens with one attached hydrogen (secondary N) is 1. The first-order valence-corrected chi connectivity index (χ1v) is 4.69. The van der Waals surface area contributed by atoms with Crippen LogP contribution in [0.25, 0.3) is 0 Å². The predicted molar refractivity (Wildman–Crippen MR) is 54.1 cm³/mol. The summed E-state index contributed by atoms with van der Waals surface area (Å²) in [6, 6.07) is 0.525. The highest BCUT2D eigenvalue weighted by Crippen LogP contribution is 2.25. The molecule has 1 N–H and O–H groups in total. The fourth-order valence-electron chi connectivity index (χ4n) is 1.49. The van der Waals surface area contributed by atoms with Crippen molar-refractivity contribution >= 4 is 0 Å². The molecule has 0 amide bonds. The third kappa shape index (κ3) is 1.98. The second-order valence-corrected chi connectivity index (χ2v) is 3.77. The molecule has 0 heterocycles. The van der Waals surface area contributed by atoms with Crippen LogP contribution in [-0.4, -0.2) is 13.1 Å². The summed E-state index contributed by atoms with van der Waals surface area (Å²) in [5.41, 5.74) is 3.03. The molecule has 0 aromatic heterocycles. The van der Waals surface area contributed by atoms with Crippen molar-refractivity contribution in [2.75, 3.05) is 7.05 Å². The van der Waals surface area contributed by atoms with Gasteiger partial charge >= 0.3 is 0 Å². The lowest BCUT2D eigenvalue weighted by Crippen LogP contribution is -2.25. The first kappa shape index (κ1) is 9.53. The van der Waals surface area contributed by atoms with Crippen LogP contribution in [0.15, 0.2) is 23.3 Å². The molecule has 0 spiro atoms. The minimum atomic E-state index is 0.525. The summed E-state index contributed by atoms with van der Waals surface area (Å²) in [6.45, 7) is 6.72. The Labute approximate surface area is 75.6 Å². The molecule has 0 saturated carbocycles. The van der Waals surface area contributed by atoms with Gasteiger partial charge in [0.05, 0.1) is 0 Å². The summed E-state index contributed by atoms with van der Waals surface area (Å²) in [6.07, 6.45) is 5.72. The van der Waals surface area contributed by atoms with Gasteiger partial charge in [-0.2, -0.15) is 0 Å². The molecule has 0 bridgehead atoms. The zero-order valence-electron chi connectivity index (χ0n) is 8.52. The van der Waals surface area contributed by atoms with Gasteiger partial charge in [0.1, 0.15) is 0 Å². The second-order valence-electron chi connectivity index (χ2n) is 3.77. The molecular formula is C11H19N. The monoisotopic (exact) mass is 165 g/mol. The zero-order valence-corrected chi connectivity index (χ0v) is 8.52. The first-order valence-electron chi connectivity index (χ1n) is 4.69. The number of allylic oxidation sites excluding steroid dienone is 3. The number of hydrogen-bond acceptors (Lipinski definition) is 1. The van der Waals surface area contributed by atoms with E-state index < -0.39 is 0 Å². The zero-order chi connectivity index (χ0) is 9.14. The van der Waals surface area contributed by atoms with Gasteiger partial charge in [0.15, 0.2) is 0 Å². The van der Waals surface area contributed by atoms with Crippen LogP contribution in [0.4, 0.5) is 0 Å². The quantitative estimate of drug-likeness (QED) is 0.663. The van der Waals surface area contributed by atoms with Gasteiger partial charge in [0.2, 0.25) is 0 Å². The lowest BCUT2D eigenvalue weighted by atomic mass is 9.87. The van der Waals surface area contributed by atoms with Gasteiger partial charge in [-0.15, -0.1) is 0 Å². The summed E-state index contributed by atoms with van der Waals surface area (Å²) in [5.74, 6) is 0.723. The van der Waals surface area contributed by atoms with E-state index in [4.69, 9.17) is 0 Å². The molecule has 12 heavy (non-hydrogen) atoms. The number of hydrogen-bond donors (Lipinski definition) is 1. The molecular weight excluding hydrogens is 146 g/mol. The lowest BCUT2D eigenvalue weighted by Gasteiger charge is -2.23. The molecule has 1 heteroatoms. The van der Waals surface area contributed by atoms with E-state index in [1.807, 2.05) is 7.05 Å². The van der Waals surface area contributed by atoms with Crippen LogP contribution >= 0.6 is 0 Å². The summed E-state index contributed by atoms with van der Waals surface area (Å²) >= 11 is 0. The fourth-order valence-corrected chi connectivity index (χ4v) is 1.49. The highest BCUT2D eigenvalue weighted by molar-refractivity contribution is 5.27. The third-order valence-electron chi connectivity index (χ3n) is 2.87. The molecule has 1 aliphatic carbocycles. The number of rotatable bonds is 2. The summed E-state index contributed by atoms with van der Waals surface area (Å²) < 4.78 is 0. The van der Waals surface area contributed by atoms with Crippen molar-refractivity contribution in [2.24, 2.45) is 5.92 Å². The van der Waals surface area contributed by atoms with Crippen molar-refractivity contribution < 1.29 is 0 Å². The van der Waals surface area contributed by atoms with E-state index in [9.17, 15) is 0 Å². The van der Waals surface area contributed by atoms with E-state index in [0.717, 1.165) is 5.92 Å². The third-order valence-corrected chi connectivity index (χ3v) is 2.87. The first-order chi connectivity index (χ1) is 5.65. The molecule has 68 valence electrons. The van der Waals surface area contributed by atoms with E-state index in [0.29, 0.717) is 6.04 Å². The lowest BCUT2D eigenvalue weighted by molar-refractivity contribution is 0.586. The molecule has 2 atom stereocenters. The Bertz CT molecular complexity index is 213. The van der Waals surface area contributed by atoms with E-state index in [1.54, 1.807) is 0 Å². The Balaban J connectivity index is 2.70. The van der Waals surface area contributed by atoms with E-state index in [2.05, 4.69) is 38.2 Å². The van der Waals surface area contributed by atoms with E-state index >= 15 is 0 Å². The molecule has 0 aliphatic heterocycles. The Morgan fingerprint density at radius 3 is 2.67 bits per heavy atom. The van der Waals surface area contributed by atoms with Gasteiger partial charge < -0.3 is 5.32 Å². The van der Waals surface area contributed by atoms with Gasteiger partial charge in [-0.25, -0.2) is 0 Å². The van der Waals surface area contributed by atoms with Gasteiger partial charge in [-0.3, -0.25) is 0 Å². The van der Waals surface area contributed by atoms with Crippen LogP contribution in [0.3, 0.4) is 0 Å². The second kappa shape index (κ2) is 3.90. The van der Waals surface area contributed by atoms with Crippen molar-refractivity contribution in [3.05, 3.63) is 23.3 Å². The molecule has 0 aromatic rings. The Morgan fingerprint density at radius 2 is 2.17 bits per heavy atom. The molecule has 1 rings (SSSR count). The van der Waals surface area contributed by atoms with Crippen LogP contribution in [-0.2, 0) is 0 Å². The maximum Gasteiger partial charge on any atom is 0.0251 e. The summed E-state index contributed by atoms with van der Waals surface area (Å²) in [5, 5.41) is 3.27. The smallest absolute Gasteiger partial charge is 0.0251 e.